The Kier molecular flexibility index (Phi) is 16.4. The highest BCUT2D eigenvalue weighted by Gasteiger charge is 2.03. The minimum absolute atomic E-state index is 0.340. The lowest BCUT2D eigenvalue weighted by Crippen LogP contribution is -1.97. The second-order valence-electron chi connectivity index (χ2n) is 7.07. The summed E-state index contributed by atoms with van der Waals surface area (Å²) in [5.41, 5.74) is 0. The van der Waals surface area contributed by atoms with Crippen LogP contribution >= 0.6 is 0 Å². The van der Waals surface area contributed by atoms with E-state index in [4.69, 9.17) is 5.11 Å². The number of hydrogen-bond acceptors (Lipinski definition) is 1. The summed E-state index contributed by atoms with van der Waals surface area (Å²) in [4.78, 5) is 10.4. The van der Waals surface area contributed by atoms with E-state index in [9.17, 15) is 4.79 Å². The topological polar surface area (TPSA) is 37.3 Å². The van der Waals surface area contributed by atoms with E-state index in [1.165, 1.54) is 83.5 Å². The van der Waals surface area contributed by atoms with E-state index < -0.39 is 5.97 Å². The Labute approximate surface area is 139 Å². The van der Waals surface area contributed by atoms with Crippen molar-refractivity contribution in [2.24, 2.45) is 5.92 Å². The molecule has 1 N–H and O–H groups in total. The van der Waals surface area contributed by atoms with Gasteiger partial charge in [-0.25, -0.2) is 0 Å². The Bertz CT molecular complexity index is 238. The van der Waals surface area contributed by atoms with Crippen molar-refractivity contribution in [1.82, 2.24) is 0 Å². The largest absolute Gasteiger partial charge is 0.481 e. The molecule has 0 fully saturated rings. The van der Waals surface area contributed by atoms with Gasteiger partial charge in [0.1, 0.15) is 0 Å². The summed E-state index contributed by atoms with van der Waals surface area (Å²) in [6.07, 6.45) is 20.2. The summed E-state index contributed by atoms with van der Waals surface area (Å²) in [6, 6.07) is 0. The Hall–Kier alpha value is -0.530. The van der Waals surface area contributed by atoms with Gasteiger partial charge in [0, 0.05) is 6.42 Å². The molecular formula is C20H40O2. The molecule has 0 radical (unpaired) electrons. The van der Waals surface area contributed by atoms with Crippen LogP contribution in [-0.4, -0.2) is 11.1 Å². The molecule has 0 aromatic carbocycles. The molecule has 0 bridgehead atoms. The zero-order chi connectivity index (χ0) is 16.5. The highest BCUT2D eigenvalue weighted by molar-refractivity contribution is 5.66. The van der Waals surface area contributed by atoms with Crippen LogP contribution in [0.4, 0.5) is 0 Å². The Balaban J connectivity index is 3.15. The van der Waals surface area contributed by atoms with Crippen molar-refractivity contribution in [3.05, 3.63) is 0 Å². The van der Waals surface area contributed by atoms with Gasteiger partial charge in [0.05, 0.1) is 0 Å². The number of rotatable bonds is 17. The van der Waals surface area contributed by atoms with E-state index in [0.29, 0.717) is 6.42 Å². The number of carboxylic acids is 1. The maximum absolute atomic E-state index is 10.4. The number of carboxylic acid groups (broad SMARTS) is 1. The molecule has 0 heterocycles. The maximum atomic E-state index is 10.4. The molecule has 0 aliphatic rings. The van der Waals surface area contributed by atoms with Gasteiger partial charge in [0.2, 0.25) is 0 Å². The van der Waals surface area contributed by atoms with Crippen molar-refractivity contribution in [3.8, 4) is 0 Å². The van der Waals surface area contributed by atoms with Crippen LogP contribution in [0.1, 0.15) is 117 Å². The van der Waals surface area contributed by atoms with E-state index in [2.05, 4.69) is 13.8 Å². The standard InChI is InChI=1S/C20H40O2/c1-3-4-5-6-7-8-9-10-11-13-16-19(2)17-14-12-15-18-20(21)22/h19H,3-18H2,1-2H3,(H,21,22). The molecule has 132 valence electrons. The van der Waals surface area contributed by atoms with Crippen LogP contribution in [0.5, 0.6) is 0 Å². The quantitative estimate of drug-likeness (QED) is 0.294. The van der Waals surface area contributed by atoms with E-state index in [1.54, 1.807) is 0 Å². The van der Waals surface area contributed by atoms with Gasteiger partial charge in [-0.05, 0) is 12.3 Å². The molecule has 0 aliphatic carbocycles. The van der Waals surface area contributed by atoms with Gasteiger partial charge in [0.15, 0.2) is 0 Å². The molecular weight excluding hydrogens is 272 g/mol. The lowest BCUT2D eigenvalue weighted by atomic mass is 9.96. The molecule has 0 saturated heterocycles. The van der Waals surface area contributed by atoms with E-state index >= 15 is 0 Å². The van der Waals surface area contributed by atoms with Crippen LogP contribution in [0.2, 0.25) is 0 Å². The molecule has 2 nitrogen and oxygen atoms in total. The van der Waals surface area contributed by atoms with E-state index in [1.807, 2.05) is 0 Å². The SMILES string of the molecule is CCCCCCCCCCCCC(C)CCCCCC(=O)O. The lowest BCUT2D eigenvalue weighted by Gasteiger charge is -2.10. The van der Waals surface area contributed by atoms with Crippen molar-refractivity contribution in [1.29, 1.82) is 0 Å². The fourth-order valence-corrected chi connectivity index (χ4v) is 3.07. The summed E-state index contributed by atoms with van der Waals surface area (Å²) in [5, 5.41) is 8.58. The van der Waals surface area contributed by atoms with Crippen LogP contribution in [0.3, 0.4) is 0 Å². The van der Waals surface area contributed by atoms with Gasteiger partial charge in [-0.15, -0.1) is 0 Å². The van der Waals surface area contributed by atoms with Crippen LogP contribution in [-0.2, 0) is 4.79 Å². The molecule has 0 rings (SSSR count). The van der Waals surface area contributed by atoms with E-state index in [0.717, 1.165) is 18.8 Å². The Morgan fingerprint density at radius 1 is 0.727 bits per heavy atom. The first-order valence-electron chi connectivity index (χ1n) is 9.88. The first kappa shape index (κ1) is 21.5. The second kappa shape index (κ2) is 16.8. The molecule has 22 heavy (non-hydrogen) atoms. The highest BCUT2D eigenvalue weighted by atomic mass is 16.4. The van der Waals surface area contributed by atoms with Crippen molar-refractivity contribution >= 4 is 5.97 Å². The average Bonchev–Trinajstić information content (AvgIpc) is 2.48. The number of hydrogen-bond donors (Lipinski definition) is 1. The fourth-order valence-electron chi connectivity index (χ4n) is 3.07. The zero-order valence-electron chi connectivity index (χ0n) is 15.2. The van der Waals surface area contributed by atoms with Gasteiger partial charge in [-0.3, -0.25) is 4.79 Å². The number of unbranched alkanes of at least 4 members (excludes halogenated alkanes) is 11. The van der Waals surface area contributed by atoms with Crippen LogP contribution in [0.15, 0.2) is 0 Å². The summed E-state index contributed by atoms with van der Waals surface area (Å²) in [6.45, 7) is 4.63. The molecule has 0 aromatic rings. The van der Waals surface area contributed by atoms with Crippen LogP contribution in [0.25, 0.3) is 0 Å². The third kappa shape index (κ3) is 17.5. The van der Waals surface area contributed by atoms with Crippen molar-refractivity contribution in [3.63, 3.8) is 0 Å². The molecule has 1 atom stereocenters. The average molecular weight is 313 g/mol. The van der Waals surface area contributed by atoms with Crippen molar-refractivity contribution < 1.29 is 9.90 Å². The monoisotopic (exact) mass is 312 g/mol. The molecule has 1 unspecified atom stereocenters. The van der Waals surface area contributed by atoms with Gasteiger partial charge >= 0.3 is 5.97 Å². The predicted molar refractivity (Wildman–Crippen MR) is 96.3 cm³/mol. The summed E-state index contributed by atoms with van der Waals surface area (Å²) in [7, 11) is 0. The summed E-state index contributed by atoms with van der Waals surface area (Å²) >= 11 is 0. The molecule has 0 aliphatic heterocycles. The van der Waals surface area contributed by atoms with Crippen LogP contribution < -0.4 is 0 Å². The highest BCUT2D eigenvalue weighted by Crippen LogP contribution is 2.18. The van der Waals surface area contributed by atoms with Gasteiger partial charge < -0.3 is 5.11 Å². The van der Waals surface area contributed by atoms with E-state index in [-0.39, 0.29) is 0 Å². The first-order valence-corrected chi connectivity index (χ1v) is 9.88. The number of carbonyl (C=O) groups is 1. The van der Waals surface area contributed by atoms with Gasteiger partial charge in [0.25, 0.3) is 0 Å². The van der Waals surface area contributed by atoms with Crippen molar-refractivity contribution in [2.45, 2.75) is 117 Å². The minimum atomic E-state index is -0.654. The third-order valence-corrected chi connectivity index (χ3v) is 4.64. The van der Waals surface area contributed by atoms with Gasteiger partial charge in [-0.2, -0.15) is 0 Å². The normalized spacial score (nSPS) is 12.5. The summed E-state index contributed by atoms with van der Waals surface area (Å²) < 4.78 is 0. The molecule has 0 amide bonds. The maximum Gasteiger partial charge on any atom is 0.303 e. The number of aliphatic carboxylic acids is 1. The van der Waals surface area contributed by atoms with Gasteiger partial charge in [-0.1, -0.05) is 104 Å². The first-order chi connectivity index (χ1) is 10.7. The third-order valence-electron chi connectivity index (χ3n) is 4.64. The smallest absolute Gasteiger partial charge is 0.303 e. The summed E-state index contributed by atoms with van der Waals surface area (Å²) in [5.74, 6) is 0.164. The predicted octanol–water partition coefficient (Wildman–Crippen LogP) is 6.97. The zero-order valence-corrected chi connectivity index (χ0v) is 15.2. The molecule has 0 saturated carbocycles. The lowest BCUT2D eigenvalue weighted by molar-refractivity contribution is -0.137. The molecule has 2 heteroatoms. The Morgan fingerprint density at radius 3 is 1.59 bits per heavy atom. The molecule has 0 aromatic heterocycles. The second-order valence-corrected chi connectivity index (χ2v) is 7.07. The Morgan fingerprint density at radius 2 is 1.14 bits per heavy atom. The fraction of sp³-hybridized carbons (Fsp3) is 0.950. The van der Waals surface area contributed by atoms with Crippen LogP contribution in [0, 0.1) is 5.92 Å². The van der Waals surface area contributed by atoms with Crippen molar-refractivity contribution in [2.75, 3.05) is 0 Å². The molecule has 0 spiro atoms. The minimum Gasteiger partial charge on any atom is -0.481 e.